The van der Waals surface area contributed by atoms with Gasteiger partial charge >= 0.3 is 0 Å². The van der Waals surface area contributed by atoms with E-state index in [-0.39, 0.29) is 12.2 Å². The molecule has 0 saturated carbocycles. The minimum atomic E-state index is -1.66. The SMILES string of the molecule is C=CC[C@](C)(NOCc1ccccc1)[C@@H](OC)[C@H](C)O[Si](C)(C)C. The molecule has 0 aromatic heterocycles. The van der Waals surface area contributed by atoms with Crippen LogP contribution in [0.5, 0.6) is 0 Å². The molecule has 24 heavy (non-hydrogen) atoms. The molecule has 0 fully saturated rings. The fourth-order valence-electron chi connectivity index (χ4n) is 2.96. The van der Waals surface area contributed by atoms with Crippen molar-refractivity contribution in [1.29, 1.82) is 0 Å². The van der Waals surface area contributed by atoms with Crippen molar-refractivity contribution < 1.29 is 14.0 Å². The molecule has 0 spiro atoms. The van der Waals surface area contributed by atoms with E-state index >= 15 is 0 Å². The van der Waals surface area contributed by atoms with E-state index < -0.39 is 13.9 Å². The predicted octanol–water partition coefficient (Wildman–Crippen LogP) is 4.30. The molecule has 1 rings (SSSR count). The molecule has 0 aliphatic rings. The fraction of sp³-hybridized carbons (Fsp3) is 0.579. The van der Waals surface area contributed by atoms with E-state index in [9.17, 15) is 0 Å². The highest BCUT2D eigenvalue weighted by molar-refractivity contribution is 6.69. The van der Waals surface area contributed by atoms with E-state index in [1.807, 2.05) is 36.4 Å². The van der Waals surface area contributed by atoms with Gasteiger partial charge in [-0.25, -0.2) is 0 Å². The number of ether oxygens (including phenoxy) is 1. The molecule has 1 aromatic carbocycles. The Kier molecular flexibility index (Phi) is 8.33. The topological polar surface area (TPSA) is 39.7 Å². The van der Waals surface area contributed by atoms with Crippen LogP contribution in [0.3, 0.4) is 0 Å². The van der Waals surface area contributed by atoms with Crippen LogP contribution in [0.4, 0.5) is 0 Å². The van der Waals surface area contributed by atoms with Gasteiger partial charge in [0.15, 0.2) is 8.32 Å². The number of hydroxylamine groups is 1. The number of benzene rings is 1. The molecule has 0 aliphatic carbocycles. The molecule has 1 aromatic rings. The summed E-state index contributed by atoms with van der Waals surface area (Å²) in [5.41, 5.74) is 3.89. The summed E-state index contributed by atoms with van der Waals surface area (Å²) in [6.07, 6.45) is 2.39. The molecule has 3 atom stereocenters. The number of nitrogens with one attached hydrogen (secondary N) is 1. The average Bonchev–Trinajstić information content (AvgIpc) is 2.47. The molecule has 0 bridgehead atoms. The second-order valence-electron chi connectivity index (χ2n) is 7.38. The molecule has 1 N–H and O–H groups in total. The van der Waals surface area contributed by atoms with Crippen LogP contribution in [0.2, 0.25) is 19.6 Å². The van der Waals surface area contributed by atoms with Crippen LogP contribution >= 0.6 is 0 Å². The number of hydrogen-bond acceptors (Lipinski definition) is 4. The van der Waals surface area contributed by atoms with E-state index in [0.717, 1.165) is 5.56 Å². The third-order valence-corrected chi connectivity index (χ3v) is 4.88. The standard InChI is InChI=1S/C19H33NO3Si/c1-8-14-19(3,18(21-4)16(2)23-24(5,6)7)20-22-15-17-12-10-9-11-13-17/h8-13,16,18,20H,1,14-15H2,2-7H3/t16-,18-,19-/m0/s1. The minimum Gasteiger partial charge on any atom is -0.412 e. The van der Waals surface area contributed by atoms with Crippen LogP contribution in [-0.2, 0) is 20.6 Å². The average molecular weight is 352 g/mol. The first-order chi connectivity index (χ1) is 11.2. The van der Waals surface area contributed by atoms with Gasteiger partial charge < -0.3 is 9.16 Å². The summed E-state index contributed by atoms with van der Waals surface area (Å²) in [5.74, 6) is 0. The smallest absolute Gasteiger partial charge is 0.184 e. The zero-order valence-corrected chi connectivity index (χ0v) is 17.0. The van der Waals surface area contributed by atoms with Gasteiger partial charge in [-0.3, -0.25) is 4.84 Å². The van der Waals surface area contributed by atoms with Crippen LogP contribution in [0.1, 0.15) is 25.8 Å². The highest BCUT2D eigenvalue weighted by Crippen LogP contribution is 2.25. The first-order valence-corrected chi connectivity index (χ1v) is 11.9. The van der Waals surface area contributed by atoms with Crippen LogP contribution in [-0.4, -0.2) is 33.2 Å². The summed E-state index contributed by atoms with van der Waals surface area (Å²) in [4.78, 5) is 5.78. The molecule has 0 amide bonds. The highest BCUT2D eigenvalue weighted by Gasteiger charge is 2.39. The van der Waals surface area contributed by atoms with E-state index in [0.29, 0.717) is 13.0 Å². The Morgan fingerprint density at radius 1 is 1.25 bits per heavy atom. The molecular formula is C19H33NO3Si. The van der Waals surface area contributed by atoms with Gasteiger partial charge in [-0.1, -0.05) is 36.4 Å². The zero-order chi connectivity index (χ0) is 18.2. The van der Waals surface area contributed by atoms with Crippen molar-refractivity contribution in [1.82, 2.24) is 5.48 Å². The summed E-state index contributed by atoms with van der Waals surface area (Å²) in [6, 6.07) is 10.1. The van der Waals surface area contributed by atoms with Gasteiger partial charge in [0.05, 0.1) is 18.2 Å². The van der Waals surface area contributed by atoms with Crippen molar-refractivity contribution in [3.63, 3.8) is 0 Å². The van der Waals surface area contributed by atoms with E-state index in [4.69, 9.17) is 14.0 Å². The fourth-order valence-corrected chi connectivity index (χ4v) is 4.20. The van der Waals surface area contributed by atoms with E-state index in [1.54, 1.807) is 7.11 Å². The second-order valence-corrected chi connectivity index (χ2v) is 11.8. The van der Waals surface area contributed by atoms with E-state index in [2.05, 4.69) is 45.5 Å². The van der Waals surface area contributed by atoms with Crippen LogP contribution in [0, 0.1) is 0 Å². The summed E-state index contributed by atoms with van der Waals surface area (Å²) in [5, 5.41) is 0. The number of rotatable bonds is 11. The summed E-state index contributed by atoms with van der Waals surface area (Å²) in [6.45, 7) is 15.1. The first-order valence-electron chi connectivity index (χ1n) is 8.46. The van der Waals surface area contributed by atoms with Gasteiger partial charge in [0.1, 0.15) is 6.10 Å². The van der Waals surface area contributed by atoms with Gasteiger partial charge in [0.2, 0.25) is 0 Å². The number of methoxy groups -OCH3 is 1. The number of hydrogen-bond donors (Lipinski definition) is 1. The molecule has 4 nitrogen and oxygen atoms in total. The quantitative estimate of drug-likeness (QED) is 0.367. The molecule has 0 radical (unpaired) electrons. The van der Waals surface area contributed by atoms with Crippen molar-refractivity contribution in [2.45, 2.75) is 64.3 Å². The van der Waals surface area contributed by atoms with Crippen LogP contribution in [0.25, 0.3) is 0 Å². The maximum atomic E-state index is 6.23. The van der Waals surface area contributed by atoms with Crippen molar-refractivity contribution >= 4 is 8.32 Å². The lowest BCUT2D eigenvalue weighted by molar-refractivity contribution is -0.114. The molecule has 0 saturated heterocycles. The van der Waals surface area contributed by atoms with Gasteiger partial charge in [0, 0.05) is 7.11 Å². The Hall–Kier alpha value is -0.983. The third-order valence-electron chi connectivity index (χ3n) is 3.80. The summed E-state index contributed by atoms with van der Waals surface area (Å²) >= 11 is 0. The van der Waals surface area contributed by atoms with Crippen molar-refractivity contribution in [2.75, 3.05) is 7.11 Å². The van der Waals surface area contributed by atoms with Crippen LogP contribution in [0.15, 0.2) is 43.0 Å². The summed E-state index contributed by atoms with van der Waals surface area (Å²) in [7, 11) is 0.0578. The lowest BCUT2D eigenvalue weighted by Gasteiger charge is -2.41. The van der Waals surface area contributed by atoms with E-state index in [1.165, 1.54) is 0 Å². The lowest BCUT2D eigenvalue weighted by Crippen LogP contribution is -2.58. The molecule has 5 heteroatoms. The maximum absolute atomic E-state index is 6.23. The Morgan fingerprint density at radius 2 is 1.88 bits per heavy atom. The van der Waals surface area contributed by atoms with Gasteiger partial charge in [-0.15, -0.1) is 6.58 Å². The molecule has 136 valence electrons. The van der Waals surface area contributed by atoms with Gasteiger partial charge in [-0.2, -0.15) is 5.48 Å². The molecular weight excluding hydrogens is 318 g/mol. The lowest BCUT2D eigenvalue weighted by atomic mass is 9.88. The Labute approximate surface area is 148 Å². The highest BCUT2D eigenvalue weighted by atomic mass is 28.4. The molecule has 0 heterocycles. The van der Waals surface area contributed by atoms with Gasteiger partial charge in [0.25, 0.3) is 0 Å². The Bertz CT molecular complexity index is 489. The van der Waals surface area contributed by atoms with Crippen LogP contribution < -0.4 is 5.48 Å². The maximum Gasteiger partial charge on any atom is 0.184 e. The third kappa shape index (κ3) is 6.87. The zero-order valence-electron chi connectivity index (χ0n) is 16.0. The largest absolute Gasteiger partial charge is 0.412 e. The van der Waals surface area contributed by atoms with Gasteiger partial charge in [-0.05, 0) is 45.5 Å². The van der Waals surface area contributed by atoms with Crippen molar-refractivity contribution in [2.24, 2.45) is 0 Å². The van der Waals surface area contributed by atoms with Crippen molar-refractivity contribution in [3.8, 4) is 0 Å². The minimum absolute atomic E-state index is 0.0422. The molecule has 0 unspecified atom stereocenters. The summed E-state index contributed by atoms with van der Waals surface area (Å²) < 4.78 is 12.0. The second kappa shape index (κ2) is 9.49. The normalized spacial score (nSPS) is 17.1. The Morgan fingerprint density at radius 3 is 2.38 bits per heavy atom. The Balaban J connectivity index is 2.77. The first kappa shape index (κ1) is 21.1. The predicted molar refractivity (Wildman–Crippen MR) is 102 cm³/mol. The van der Waals surface area contributed by atoms with Crippen molar-refractivity contribution in [3.05, 3.63) is 48.6 Å². The molecule has 0 aliphatic heterocycles. The monoisotopic (exact) mass is 351 g/mol.